The number of aryl methyl sites for hydroxylation is 1. The van der Waals surface area contributed by atoms with E-state index >= 15 is 0 Å². The maximum atomic E-state index is 13.7. The van der Waals surface area contributed by atoms with E-state index in [9.17, 15) is 9.18 Å². The number of likely N-dealkylation sites (tertiary alicyclic amines) is 1. The molecule has 2 heterocycles. The van der Waals surface area contributed by atoms with Gasteiger partial charge in [-0.25, -0.2) is 9.40 Å². The van der Waals surface area contributed by atoms with Crippen molar-refractivity contribution < 1.29 is 9.18 Å². The van der Waals surface area contributed by atoms with Crippen LogP contribution >= 0.6 is 0 Å². The van der Waals surface area contributed by atoms with Gasteiger partial charge in [0.15, 0.2) is 0 Å². The molecule has 0 spiro atoms. The van der Waals surface area contributed by atoms with Crippen molar-refractivity contribution in [2.24, 2.45) is 11.0 Å². The van der Waals surface area contributed by atoms with E-state index in [1.165, 1.54) is 12.5 Å². The van der Waals surface area contributed by atoms with E-state index in [0.29, 0.717) is 24.4 Å². The minimum atomic E-state index is -0.575. The van der Waals surface area contributed by atoms with Gasteiger partial charge in [-0.15, -0.1) is 0 Å². The van der Waals surface area contributed by atoms with E-state index in [0.717, 1.165) is 37.2 Å². The van der Waals surface area contributed by atoms with Gasteiger partial charge in [-0.2, -0.15) is 5.10 Å². The van der Waals surface area contributed by atoms with Crippen LogP contribution in [0.3, 0.4) is 0 Å². The van der Waals surface area contributed by atoms with Crippen LogP contribution in [0.2, 0.25) is 0 Å². The van der Waals surface area contributed by atoms with Gasteiger partial charge in [0, 0.05) is 13.0 Å². The van der Waals surface area contributed by atoms with Gasteiger partial charge in [0.05, 0.1) is 5.71 Å². The van der Waals surface area contributed by atoms with Crippen molar-refractivity contribution in [3.8, 4) is 0 Å². The highest BCUT2D eigenvalue weighted by Crippen LogP contribution is 2.32. The molecule has 142 valence electrons. The van der Waals surface area contributed by atoms with Gasteiger partial charge in [-0.3, -0.25) is 9.69 Å². The predicted octanol–water partition coefficient (Wildman–Crippen LogP) is 3.97. The fraction of sp³-hybridized carbons (Fsp3) is 0.619. The van der Waals surface area contributed by atoms with Gasteiger partial charge >= 0.3 is 0 Å². The Bertz CT molecular complexity index is 709. The molecule has 2 aliphatic rings. The first-order valence-electron chi connectivity index (χ1n) is 9.72. The van der Waals surface area contributed by atoms with Crippen molar-refractivity contribution in [2.75, 3.05) is 19.6 Å². The minimum absolute atomic E-state index is 0.0932. The Morgan fingerprint density at radius 3 is 2.54 bits per heavy atom. The maximum absolute atomic E-state index is 13.7. The van der Waals surface area contributed by atoms with E-state index in [4.69, 9.17) is 0 Å². The smallest absolute Gasteiger partial charge is 0.263 e. The number of carbonyl (C=O) groups is 1. The maximum Gasteiger partial charge on any atom is 0.263 e. The van der Waals surface area contributed by atoms with E-state index in [1.54, 1.807) is 18.0 Å². The van der Waals surface area contributed by atoms with Crippen LogP contribution in [0, 0.1) is 18.7 Å². The summed E-state index contributed by atoms with van der Waals surface area (Å²) in [5, 5.41) is 6.34. The summed E-state index contributed by atoms with van der Waals surface area (Å²) in [6.07, 6.45) is 4.07. The molecule has 0 aromatic heterocycles. The van der Waals surface area contributed by atoms with Crippen LogP contribution in [0.5, 0.6) is 0 Å². The Hall–Kier alpha value is -1.75. The Morgan fingerprint density at radius 1 is 1.23 bits per heavy atom. The summed E-state index contributed by atoms with van der Waals surface area (Å²) in [4.78, 5) is 15.6. The monoisotopic (exact) mass is 359 g/mol. The number of rotatable bonds is 4. The summed E-state index contributed by atoms with van der Waals surface area (Å²) in [6, 6.07) is 5.11. The van der Waals surface area contributed by atoms with Gasteiger partial charge in [-0.1, -0.05) is 26.3 Å². The van der Waals surface area contributed by atoms with Crippen molar-refractivity contribution in [3.63, 3.8) is 0 Å². The van der Waals surface area contributed by atoms with E-state index in [2.05, 4.69) is 30.8 Å². The molecule has 0 aliphatic carbocycles. The first-order valence-corrected chi connectivity index (χ1v) is 9.72. The van der Waals surface area contributed by atoms with Gasteiger partial charge in [0.2, 0.25) is 0 Å². The third-order valence-electron chi connectivity index (χ3n) is 5.53. The van der Waals surface area contributed by atoms with Crippen LogP contribution in [0.25, 0.3) is 0 Å². The molecule has 5 heteroatoms. The SMILES string of the molecule is Cc1cc(C2=NN(CC(C)C)C(=O)C(C)(N3CCCCC3)C2)ccc1F. The highest BCUT2D eigenvalue weighted by Gasteiger charge is 2.46. The third-order valence-corrected chi connectivity index (χ3v) is 5.53. The standard InChI is InChI=1S/C21H30FN3O/c1-15(2)14-25-20(26)21(4,24-10-6-5-7-11-24)13-19(23-25)17-8-9-18(22)16(3)12-17/h8-9,12,15H,5-7,10-11,13-14H2,1-4H3. The molecule has 3 rings (SSSR count). The Morgan fingerprint density at radius 2 is 1.92 bits per heavy atom. The topological polar surface area (TPSA) is 35.9 Å². The fourth-order valence-electron chi connectivity index (χ4n) is 3.99. The van der Waals surface area contributed by atoms with Gasteiger partial charge in [0.1, 0.15) is 11.4 Å². The highest BCUT2D eigenvalue weighted by atomic mass is 19.1. The van der Waals surface area contributed by atoms with Gasteiger partial charge < -0.3 is 0 Å². The van der Waals surface area contributed by atoms with E-state index in [1.807, 2.05) is 6.07 Å². The summed E-state index contributed by atoms with van der Waals surface area (Å²) in [5.41, 5.74) is 1.82. The second kappa shape index (κ2) is 7.47. The predicted molar refractivity (Wildman–Crippen MR) is 103 cm³/mol. The molecular weight excluding hydrogens is 329 g/mol. The Balaban J connectivity index is 1.99. The number of hydrazone groups is 1. The molecule has 0 saturated carbocycles. The van der Waals surface area contributed by atoms with Crippen LogP contribution < -0.4 is 0 Å². The quantitative estimate of drug-likeness (QED) is 0.815. The number of amides is 1. The Labute approximate surface area is 156 Å². The average molecular weight is 359 g/mol. The van der Waals surface area contributed by atoms with Gasteiger partial charge in [-0.05, 0) is 69.0 Å². The molecule has 0 radical (unpaired) electrons. The van der Waals surface area contributed by atoms with Crippen LogP contribution in [0.15, 0.2) is 23.3 Å². The summed E-state index contributed by atoms with van der Waals surface area (Å²) >= 11 is 0. The molecule has 1 aromatic rings. The van der Waals surface area contributed by atoms with Crippen molar-refractivity contribution in [1.29, 1.82) is 0 Å². The first-order chi connectivity index (χ1) is 12.3. The number of halogens is 1. The summed E-state index contributed by atoms with van der Waals surface area (Å²) in [6.45, 7) is 10.5. The van der Waals surface area contributed by atoms with Crippen LogP contribution in [-0.2, 0) is 4.79 Å². The molecule has 26 heavy (non-hydrogen) atoms. The lowest BCUT2D eigenvalue weighted by Crippen LogP contribution is -2.61. The molecule has 4 nitrogen and oxygen atoms in total. The molecule has 1 aromatic carbocycles. The number of benzene rings is 1. The van der Waals surface area contributed by atoms with Crippen LogP contribution in [0.4, 0.5) is 4.39 Å². The van der Waals surface area contributed by atoms with E-state index in [-0.39, 0.29) is 11.7 Å². The molecule has 2 aliphatic heterocycles. The van der Waals surface area contributed by atoms with Crippen molar-refractivity contribution in [3.05, 3.63) is 35.1 Å². The Kier molecular flexibility index (Phi) is 5.47. The van der Waals surface area contributed by atoms with Crippen LogP contribution in [0.1, 0.15) is 57.6 Å². The lowest BCUT2D eigenvalue weighted by Gasteiger charge is -2.46. The first kappa shape index (κ1) is 19.0. The normalized spacial score (nSPS) is 24.9. The number of carbonyl (C=O) groups excluding carboxylic acids is 1. The van der Waals surface area contributed by atoms with Crippen molar-refractivity contribution in [2.45, 2.75) is 58.9 Å². The average Bonchev–Trinajstić information content (AvgIpc) is 2.61. The fourth-order valence-corrected chi connectivity index (χ4v) is 3.99. The highest BCUT2D eigenvalue weighted by molar-refractivity contribution is 6.07. The summed E-state index contributed by atoms with van der Waals surface area (Å²) in [7, 11) is 0. The molecule has 1 amide bonds. The zero-order valence-corrected chi connectivity index (χ0v) is 16.4. The lowest BCUT2D eigenvalue weighted by atomic mass is 9.85. The zero-order valence-electron chi connectivity index (χ0n) is 16.4. The molecule has 1 saturated heterocycles. The molecule has 0 bridgehead atoms. The molecule has 0 N–H and O–H groups in total. The number of hydrogen-bond acceptors (Lipinski definition) is 3. The van der Waals surface area contributed by atoms with Gasteiger partial charge in [0.25, 0.3) is 5.91 Å². The number of nitrogens with zero attached hydrogens (tertiary/aromatic N) is 3. The molecule has 1 unspecified atom stereocenters. The third kappa shape index (κ3) is 3.68. The second-order valence-corrected chi connectivity index (χ2v) is 8.29. The zero-order chi connectivity index (χ0) is 18.9. The molecule has 1 atom stereocenters. The van der Waals surface area contributed by atoms with Crippen molar-refractivity contribution in [1.82, 2.24) is 9.91 Å². The second-order valence-electron chi connectivity index (χ2n) is 8.29. The largest absolute Gasteiger partial charge is 0.289 e. The minimum Gasteiger partial charge on any atom is -0.289 e. The molecular formula is C21H30FN3O. The van der Waals surface area contributed by atoms with E-state index < -0.39 is 5.54 Å². The summed E-state index contributed by atoms with van der Waals surface area (Å²) in [5.74, 6) is 0.220. The molecule has 1 fully saturated rings. The van der Waals surface area contributed by atoms with Crippen LogP contribution in [-0.4, -0.2) is 46.7 Å². The lowest BCUT2D eigenvalue weighted by molar-refractivity contribution is -0.146. The number of hydrogen-bond donors (Lipinski definition) is 0. The summed E-state index contributed by atoms with van der Waals surface area (Å²) < 4.78 is 13.7. The van der Waals surface area contributed by atoms with Crippen molar-refractivity contribution >= 4 is 11.6 Å². The number of piperidine rings is 1.